The first-order chi connectivity index (χ1) is 12.6. The molecule has 9 heteroatoms. The van der Waals surface area contributed by atoms with Crippen molar-refractivity contribution >= 4 is 41.6 Å². The van der Waals surface area contributed by atoms with E-state index < -0.39 is 0 Å². The highest BCUT2D eigenvalue weighted by Crippen LogP contribution is 2.34. The first-order valence-electron chi connectivity index (χ1n) is 8.01. The van der Waals surface area contributed by atoms with Gasteiger partial charge in [0.1, 0.15) is 17.6 Å². The van der Waals surface area contributed by atoms with Gasteiger partial charge in [0.05, 0.1) is 16.3 Å². The molecule has 0 unspecified atom stereocenters. The Balaban J connectivity index is 1.61. The van der Waals surface area contributed by atoms with E-state index in [9.17, 15) is 0 Å². The van der Waals surface area contributed by atoms with Crippen molar-refractivity contribution in [3.8, 4) is 11.3 Å². The first kappa shape index (κ1) is 17.5. The lowest BCUT2D eigenvalue weighted by Crippen LogP contribution is -2.05. The van der Waals surface area contributed by atoms with Crippen LogP contribution in [0.1, 0.15) is 30.5 Å². The van der Waals surface area contributed by atoms with Gasteiger partial charge in [0.15, 0.2) is 5.82 Å². The summed E-state index contributed by atoms with van der Waals surface area (Å²) in [6.45, 7) is 0.718. The molecule has 1 aliphatic heterocycles. The maximum Gasteiger partial charge on any atom is 0.216 e. The van der Waals surface area contributed by atoms with E-state index in [1.165, 1.54) is 0 Å². The molecule has 0 aliphatic carbocycles. The SMILES string of the molecule is S=c1[nH]nc([C@H]2CCCO2)n1/N=C\c1ccc(-c2cccc(Cl)c2Cl)o1. The largest absolute Gasteiger partial charge is 0.455 e. The number of hydrogen-bond donors (Lipinski definition) is 1. The molecule has 0 bridgehead atoms. The van der Waals surface area contributed by atoms with E-state index >= 15 is 0 Å². The standard InChI is InChI=1S/C17H14Cl2N4O2S/c18-12-4-1-3-11(15(12)19)13-7-6-10(25-13)9-20-23-16(21-22-17(23)26)14-5-2-8-24-14/h1,3-4,6-7,9,14H,2,5,8H2,(H,22,26)/b20-9-/t14-/m1/s1. The van der Waals surface area contributed by atoms with Crippen LogP contribution in [0.2, 0.25) is 10.0 Å². The van der Waals surface area contributed by atoms with Crippen LogP contribution in [0.3, 0.4) is 0 Å². The van der Waals surface area contributed by atoms with Gasteiger partial charge in [-0.3, -0.25) is 5.10 Å². The van der Waals surface area contributed by atoms with E-state index in [1.807, 2.05) is 18.2 Å². The minimum Gasteiger partial charge on any atom is -0.455 e. The Morgan fingerprint density at radius 2 is 2.19 bits per heavy atom. The van der Waals surface area contributed by atoms with Gasteiger partial charge in [0.25, 0.3) is 0 Å². The summed E-state index contributed by atoms with van der Waals surface area (Å²) >= 11 is 17.5. The van der Waals surface area contributed by atoms with Gasteiger partial charge in [-0.15, -0.1) is 0 Å². The highest BCUT2D eigenvalue weighted by Gasteiger charge is 2.23. The number of furan rings is 1. The summed E-state index contributed by atoms with van der Waals surface area (Å²) in [6.07, 6.45) is 3.37. The van der Waals surface area contributed by atoms with Gasteiger partial charge in [0.2, 0.25) is 4.77 Å². The Morgan fingerprint density at radius 1 is 1.31 bits per heavy atom. The molecule has 1 aromatic carbocycles. The average molecular weight is 409 g/mol. The van der Waals surface area contributed by atoms with E-state index in [1.54, 1.807) is 23.0 Å². The summed E-state index contributed by atoms with van der Waals surface area (Å²) in [5, 5.41) is 12.3. The molecule has 134 valence electrons. The molecule has 0 radical (unpaired) electrons. The maximum atomic E-state index is 6.24. The van der Waals surface area contributed by atoms with Gasteiger partial charge in [-0.1, -0.05) is 29.3 Å². The molecule has 0 spiro atoms. The van der Waals surface area contributed by atoms with Crippen molar-refractivity contribution in [3.05, 3.63) is 56.7 Å². The number of benzene rings is 1. The van der Waals surface area contributed by atoms with Gasteiger partial charge >= 0.3 is 0 Å². The fourth-order valence-electron chi connectivity index (χ4n) is 2.78. The van der Waals surface area contributed by atoms with Gasteiger partial charge < -0.3 is 9.15 Å². The normalized spacial score (nSPS) is 17.4. The van der Waals surface area contributed by atoms with Crippen molar-refractivity contribution in [1.82, 2.24) is 14.9 Å². The van der Waals surface area contributed by atoms with Gasteiger partial charge in [0, 0.05) is 12.2 Å². The molecule has 3 aromatic rings. The monoisotopic (exact) mass is 408 g/mol. The molecule has 26 heavy (non-hydrogen) atoms. The van der Waals surface area contributed by atoms with Crippen LogP contribution in [0.15, 0.2) is 39.9 Å². The van der Waals surface area contributed by atoms with Crippen LogP contribution >= 0.6 is 35.4 Å². The topological polar surface area (TPSA) is 68.3 Å². The third kappa shape index (κ3) is 3.35. The number of halogens is 2. The fourth-order valence-corrected chi connectivity index (χ4v) is 3.36. The zero-order chi connectivity index (χ0) is 18.1. The zero-order valence-corrected chi connectivity index (χ0v) is 15.8. The van der Waals surface area contributed by atoms with Crippen LogP contribution in [0, 0.1) is 4.77 Å². The van der Waals surface area contributed by atoms with Gasteiger partial charge in [-0.25, -0.2) is 0 Å². The van der Waals surface area contributed by atoms with E-state index in [4.69, 9.17) is 44.6 Å². The molecule has 6 nitrogen and oxygen atoms in total. The second-order valence-electron chi connectivity index (χ2n) is 5.75. The Labute approximate surface area is 164 Å². The second-order valence-corrected chi connectivity index (χ2v) is 6.92. The molecule has 1 fully saturated rings. The lowest BCUT2D eigenvalue weighted by molar-refractivity contribution is 0.102. The lowest BCUT2D eigenvalue weighted by atomic mass is 10.2. The third-order valence-electron chi connectivity index (χ3n) is 4.04. The zero-order valence-electron chi connectivity index (χ0n) is 13.5. The van der Waals surface area contributed by atoms with Crippen LogP contribution < -0.4 is 0 Å². The van der Waals surface area contributed by atoms with E-state index in [2.05, 4.69) is 15.3 Å². The number of nitrogens with one attached hydrogen (secondary N) is 1. The van der Waals surface area contributed by atoms with Crippen LogP contribution in [-0.4, -0.2) is 27.7 Å². The molecule has 1 atom stereocenters. The van der Waals surface area contributed by atoms with Crippen molar-refractivity contribution in [2.24, 2.45) is 5.10 Å². The highest BCUT2D eigenvalue weighted by molar-refractivity contribution is 7.71. The number of nitrogens with zero attached hydrogens (tertiary/aromatic N) is 3. The summed E-state index contributed by atoms with van der Waals surface area (Å²) in [6, 6.07) is 9.00. The minimum atomic E-state index is -0.0995. The Hall–Kier alpha value is -1.93. The first-order valence-corrected chi connectivity index (χ1v) is 9.17. The molecule has 1 saturated heterocycles. The average Bonchev–Trinajstić information content (AvgIpc) is 3.36. The van der Waals surface area contributed by atoms with E-state index in [-0.39, 0.29) is 6.10 Å². The highest BCUT2D eigenvalue weighted by atomic mass is 35.5. The van der Waals surface area contributed by atoms with Crippen LogP contribution in [0.5, 0.6) is 0 Å². The van der Waals surface area contributed by atoms with Crippen LogP contribution in [0.4, 0.5) is 0 Å². The van der Waals surface area contributed by atoms with Crippen molar-refractivity contribution < 1.29 is 9.15 Å². The number of H-pyrrole nitrogens is 1. The number of ether oxygens (including phenoxy) is 1. The van der Waals surface area contributed by atoms with E-state index in [0.717, 1.165) is 25.0 Å². The smallest absolute Gasteiger partial charge is 0.216 e. The molecule has 4 rings (SSSR count). The number of hydrogen-bond acceptors (Lipinski definition) is 5. The Bertz CT molecular complexity index is 1020. The Kier molecular flexibility index (Phi) is 4.95. The van der Waals surface area contributed by atoms with Crippen LogP contribution in [0.25, 0.3) is 11.3 Å². The van der Waals surface area contributed by atoms with Crippen molar-refractivity contribution in [2.75, 3.05) is 6.61 Å². The summed E-state index contributed by atoms with van der Waals surface area (Å²) in [5.74, 6) is 1.82. The predicted octanol–water partition coefficient (Wildman–Crippen LogP) is 5.24. The molecular weight excluding hydrogens is 395 g/mol. The summed E-state index contributed by atoms with van der Waals surface area (Å²) in [4.78, 5) is 0. The minimum absolute atomic E-state index is 0.0995. The van der Waals surface area contributed by atoms with Crippen molar-refractivity contribution in [1.29, 1.82) is 0 Å². The molecule has 1 N–H and O–H groups in total. The van der Waals surface area contributed by atoms with Crippen LogP contribution in [-0.2, 0) is 4.74 Å². The maximum absolute atomic E-state index is 6.24. The molecule has 1 aliphatic rings. The van der Waals surface area contributed by atoms with Crippen molar-refractivity contribution in [3.63, 3.8) is 0 Å². The second kappa shape index (κ2) is 7.36. The molecule has 0 saturated carbocycles. The summed E-state index contributed by atoms with van der Waals surface area (Å²) in [5.41, 5.74) is 0.721. The summed E-state index contributed by atoms with van der Waals surface area (Å²) in [7, 11) is 0. The van der Waals surface area contributed by atoms with Gasteiger partial charge in [-0.2, -0.15) is 14.9 Å². The molecule has 0 amide bonds. The number of aromatic amines is 1. The number of rotatable bonds is 4. The van der Waals surface area contributed by atoms with Crippen molar-refractivity contribution in [2.45, 2.75) is 18.9 Å². The van der Waals surface area contributed by atoms with Gasteiger partial charge in [-0.05, 0) is 49.3 Å². The molecule has 3 heterocycles. The number of aromatic nitrogens is 3. The molecule has 2 aromatic heterocycles. The lowest BCUT2D eigenvalue weighted by Gasteiger charge is -2.06. The quantitative estimate of drug-likeness (QED) is 0.473. The van der Waals surface area contributed by atoms with E-state index in [0.29, 0.717) is 32.2 Å². The molecular formula is C17H14Cl2N4O2S. The predicted molar refractivity (Wildman–Crippen MR) is 102 cm³/mol. The third-order valence-corrected chi connectivity index (χ3v) is 5.12. The summed E-state index contributed by atoms with van der Waals surface area (Å²) < 4.78 is 13.4. The fraction of sp³-hybridized carbons (Fsp3) is 0.235. The Morgan fingerprint density at radius 3 is 3.00 bits per heavy atom.